The minimum atomic E-state index is -0.496. The van der Waals surface area contributed by atoms with Gasteiger partial charge in [0.2, 0.25) is 0 Å². The van der Waals surface area contributed by atoms with Crippen LogP contribution in [0, 0.1) is 0 Å². The molecule has 0 aliphatic heterocycles. The van der Waals surface area contributed by atoms with E-state index in [2.05, 4.69) is 30.1 Å². The largest absolute Gasteiger partial charge is 0.444 e. The minimum absolute atomic E-state index is 0.0870. The first-order chi connectivity index (χ1) is 10.3. The number of hydrogen-bond donors (Lipinski definition) is 1. The van der Waals surface area contributed by atoms with Gasteiger partial charge in [-0.3, -0.25) is 0 Å². The molecule has 22 heavy (non-hydrogen) atoms. The molecule has 1 atom stereocenters. The van der Waals surface area contributed by atoms with Crippen LogP contribution in [0.5, 0.6) is 0 Å². The van der Waals surface area contributed by atoms with E-state index < -0.39 is 11.7 Å². The summed E-state index contributed by atoms with van der Waals surface area (Å²) in [6.07, 6.45) is 5.07. The van der Waals surface area contributed by atoms with Gasteiger partial charge >= 0.3 is 6.09 Å². The molecule has 0 fully saturated rings. The molecule has 1 N–H and O–H groups in total. The van der Waals surface area contributed by atoms with Crippen LogP contribution in [0.25, 0.3) is 0 Å². The van der Waals surface area contributed by atoms with Gasteiger partial charge in [0.15, 0.2) is 0 Å². The molecule has 1 aromatic carbocycles. The predicted octanol–water partition coefficient (Wildman–Crippen LogP) is 4.64. The lowest BCUT2D eigenvalue weighted by Crippen LogP contribution is -2.39. The number of rotatable bonds is 6. The predicted molar refractivity (Wildman–Crippen MR) is 91.9 cm³/mol. The van der Waals surface area contributed by atoms with Crippen LogP contribution in [0.2, 0.25) is 0 Å². The summed E-state index contributed by atoms with van der Waals surface area (Å²) in [5.74, 6) is 0. The van der Waals surface area contributed by atoms with Crippen molar-refractivity contribution in [3.8, 4) is 0 Å². The molecule has 0 heterocycles. The van der Waals surface area contributed by atoms with Gasteiger partial charge in [-0.05, 0) is 46.1 Å². The smallest absolute Gasteiger partial charge is 0.408 e. The van der Waals surface area contributed by atoms with Gasteiger partial charge in [-0.2, -0.15) is 0 Å². The fourth-order valence-corrected chi connectivity index (χ4v) is 2.01. The lowest BCUT2D eigenvalue weighted by Gasteiger charge is -2.23. The van der Waals surface area contributed by atoms with Gasteiger partial charge < -0.3 is 10.1 Å². The number of alkyl carbamates (subject to hydrolysis) is 1. The van der Waals surface area contributed by atoms with Crippen LogP contribution >= 0.6 is 0 Å². The van der Waals surface area contributed by atoms with E-state index in [0.717, 1.165) is 12.0 Å². The number of carbonyl (C=O) groups excluding carboxylic acids is 1. The molecule has 3 nitrogen and oxygen atoms in total. The van der Waals surface area contributed by atoms with Gasteiger partial charge in [0.1, 0.15) is 5.60 Å². The molecule has 0 spiro atoms. The van der Waals surface area contributed by atoms with Gasteiger partial charge in [0.05, 0.1) is 6.04 Å². The number of carbonyl (C=O) groups is 1. The quantitative estimate of drug-likeness (QED) is 0.777. The zero-order valence-electron chi connectivity index (χ0n) is 14.1. The Morgan fingerprint density at radius 3 is 2.50 bits per heavy atom. The minimum Gasteiger partial charge on any atom is -0.444 e. The Morgan fingerprint density at radius 2 is 1.95 bits per heavy atom. The molecule has 1 amide bonds. The van der Waals surface area contributed by atoms with Crippen molar-refractivity contribution in [1.29, 1.82) is 0 Å². The fraction of sp³-hybridized carbons (Fsp3) is 0.421. The highest BCUT2D eigenvalue weighted by molar-refractivity contribution is 5.68. The zero-order chi connectivity index (χ0) is 16.6. The summed E-state index contributed by atoms with van der Waals surface area (Å²) in [4.78, 5) is 11.9. The third-order valence-corrected chi connectivity index (χ3v) is 3.15. The molecule has 0 bridgehead atoms. The lowest BCUT2D eigenvalue weighted by molar-refractivity contribution is 0.0512. The van der Waals surface area contributed by atoms with E-state index in [4.69, 9.17) is 4.74 Å². The van der Waals surface area contributed by atoms with Gasteiger partial charge in [0.25, 0.3) is 0 Å². The standard InChI is InChI=1S/C19H27NO2/c1-6-10-17(20-18(21)22-19(3,4)5)15(2)13-14-16-11-8-7-9-12-16/h6-9,11-13,17H,1,10,14H2,2-5H3,(H,20,21)/b15-13+/t17-/m0/s1. The Hall–Kier alpha value is -2.03. The van der Waals surface area contributed by atoms with Gasteiger partial charge in [-0.25, -0.2) is 4.79 Å². The molecule has 3 heteroatoms. The summed E-state index contributed by atoms with van der Waals surface area (Å²) < 4.78 is 5.32. The summed E-state index contributed by atoms with van der Waals surface area (Å²) in [5, 5.41) is 2.91. The molecule has 1 rings (SSSR count). The van der Waals surface area contributed by atoms with Crippen LogP contribution in [0.1, 0.15) is 39.7 Å². The van der Waals surface area contributed by atoms with E-state index >= 15 is 0 Å². The van der Waals surface area contributed by atoms with Crippen LogP contribution in [0.15, 0.2) is 54.6 Å². The first-order valence-corrected chi connectivity index (χ1v) is 7.63. The molecule has 0 saturated heterocycles. The molecule has 0 saturated carbocycles. The monoisotopic (exact) mass is 301 g/mol. The highest BCUT2D eigenvalue weighted by Gasteiger charge is 2.19. The number of amides is 1. The Kier molecular flexibility index (Phi) is 6.90. The Morgan fingerprint density at radius 1 is 1.32 bits per heavy atom. The Bertz CT molecular complexity index is 512. The number of nitrogens with one attached hydrogen (secondary N) is 1. The number of hydrogen-bond acceptors (Lipinski definition) is 2. The third kappa shape index (κ3) is 7.11. The second kappa shape index (κ2) is 8.42. The van der Waals surface area contributed by atoms with Crippen molar-refractivity contribution in [3.63, 3.8) is 0 Å². The summed E-state index contributed by atoms with van der Waals surface area (Å²) in [6.45, 7) is 11.3. The third-order valence-electron chi connectivity index (χ3n) is 3.15. The van der Waals surface area contributed by atoms with Crippen molar-refractivity contribution in [1.82, 2.24) is 5.32 Å². The number of benzene rings is 1. The van der Waals surface area contributed by atoms with E-state index in [9.17, 15) is 4.79 Å². The van der Waals surface area contributed by atoms with E-state index in [1.54, 1.807) is 0 Å². The van der Waals surface area contributed by atoms with E-state index in [0.29, 0.717) is 6.42 Å². The SMILES string of the molecule is C=CC[C@H](NC(=O)OC(C)(C)C)/C(C)=C/Cc1ccccc1. The van der Waals surface area contributed by atoms with Crippen LogP contribution in [0.3, 0.4) is 0 Å². The van der Waals surface area contributed by atoms with Crippen LogP contribution in [0.4, 0.5) is 4.79 Å². The molecule has 0 unspecified atom stereocenters. The lowest BCUT2D eigenvalue weighted by atomic mass is 10.0. The van der Waals surface area contributed by atoms with Gasteiger partial charge in [-0.1, -0.05) is 48.1 Å². The van der Waals surface area contributed by atoms with E-state index in [1.807, 2.05) is 52.0 Å². The van der Waals surface area contributed by atoms with Crippen molar-refractivity contribution in [2.45, 2.75) is 52.2 Å². The number of allylic oxidation sites excluding steroid dienone is 1. The second-order valence-electron chi connectivity index (χ2n) is 6.36. The maximum Gasteiger partial charge on any atom is 0.408 e. The van der Waals surface area contributed by atoms with Crippen molar-refractivity contribution in [2.75, 3.05) is 0 Å². The highest BCUT2D eigenvalue weighted by atomic mass is 16.6. The van der Waals surface area contributed by atoms with Gasteiger partial charge in [0, 0.05) is 0 Å². The molecule has 120 valence electrons. The first-order valence-electron chi connectivity index (χ1n) is 7.63. The molecular formula is C19H27NO2. The molecule has 1 aromatic rings. The van der Waals surface area contributed by atoms with Crippen molar-refractivity contribution in [3.05, 3.63) is 60.2 Å². The molecular weight excluding hydrogens is 274 g/mol. The maximum absolute atomic E-state index is 11.9. The molecule has 0 radical (unpaired) electrons. The van der Waals surface area contributed by atoms with Gasteiger partial charge in [-0.15, -0.1) is 6.58 Å². The van der Waals surface area contributed by atoms with E-state index in [1.165, 1.54) is 5.56 Å². The molecule has 0 aromatic heterocycles. The van der Waals surface area contributed by atoms with Crippen LogP contribution in [-0.4, -0.2) is 17.7 Å². The van der Waals surface area contributed by atoms with Crippen LogP contribution in [-0.2, 0) is 11.2 Å². The normalized spacial score (nSPS) is 13.4. The Labute approximate surface area is 134 Å². The molecule has 0 aliphatic rings. The summed E-state index contributed by atoms with van der Waals surface area (Å²) >= 11 is 0. The molecule has 0 aliphatic carbocycles. The average Bonchev–Trinajstić information content (AvgIpc) is 2.43. The van der Waals surface area contributed by atoms with Crippen LogP contribution < -0.4 is 5.32 Å². The fourth-order valence-electron chi connectivity index (χ4n) is 2.01. The maximum atomic E-state index is 11.9. The highest BCUT2D eigenvalue weighted by Crippen LogP contribution is 2.12. The summed E-state index contributed by atoms with van der Waals surface area (Å²) in [6, 6.07) is 10.2. The second-order valence-corrected chi connectivity index (χ2v) is 6.36. The summed E-state index contributed by atoms with van der Waals surface area (Å²) in [7, 11) is 0. The number of ether oxygens (including phenoxy) is 1. The summed E-state index contributed by atoms with van der Waals surface area (Å²) in [5.41, 5.74) is 1.86. The first kappa shape index (κ1) is 18.0. The average molecular weight is 301 g/mol. The van der Waals surface area contributed by atoms with Crippen molar-refractivity contribution >= 4 is 6.09 Å². The van der Waals surface area contributed by atoms with Crippen molar-refractivity contribution < 1.29 is 9.53 Å². The Balaban J connectivity index is 2.68. The topological polar surface area (TPSA) is 38.3 Å². The van der Waals surface area contributed by atoms with E-state index in [-0.39, 0.29) is 6.04 Å². The van der Waals surface area contributed by atoms with Crippen molar-refractivity contribution in [2.24, 2.45) is 0 Å². The zero-order valence-corrected chi connectivity index (χ0v) is 14.1.